The second-order valence-corrected chi connectivity index (χ2v) is 5.16. The van der Waals surface area contributed by atoms with E-state index >= 15 is 0 Å². The number of hydrogen-bond donors (Lipinski definition) is 2. The summed E-state index contributed by atoms with van der Waals surface area (Å²) < 4.78 is 0. The molecule has 0 aromatic heterocycles. The molecule has 1 aliphatic carbocycles. The lowest BCUT2D eigenvalue weighted by atomic mass is 10.0. The lowest BCUT2D eigenvalue weighted by molar-refractivity contribution is -0.122. The number of amides is 1. The fourth-order valence-corrected chi connectivity index (χ4v) is 2.48. The van der Waals surface area contributed by atoms with E-state index in [0.717, 1.165) is 32.1 Å². The van der Waals surface area contributed by atoms with E-state index in [1.165, 1.54) is 0 Å². The summed E-state index contributed by atoms with van der Waals surface area (Å²) >= 11 is 0. The van der Waals surface area contributed by atoms with Gasteiger partial charge in [-0.05, 0) is 18.8 Å². The molecule has 3 nitrogen and oxygen atoms in total. The summed E-state index contributed by atoms with van der Waals surface area (Å²) in [5, 5.41) is 12.6. The van der Waals surface area contributed by atoms with Crippen LogP contribution in [0.25, 0.3) is 0 Å². The normalized spacial score (nSPS) is 26.7. The van der Waals surface area contributed by atoms with Gasteiger partial charge in [0.05, 0.1) is 6.10 Å². The van der Waals surface area contributed by atoms with Gasteiger partial charge in [0.1, 0.15) is 0 Å². The van der Waals surface area contributed by atoms with Crippen molar-refractivity contribution in [2.75, 3.05) is 6.54 Å². The summed E-state index contributed by atoms with van der Waals surface area (Å²) in [7, 11) is 0. The maximum atomic E-state index is 11.6. The van der Waals surface area contributed by atoms with Crippen LogP contribution in [-0.2, 0) is 4.79 Å². The van der Waals surface area contributed by atoms with Crippen LogP contribution in [0.4, 0.5) is 0 Å². The van der Waals surface area contributed by atoms with E-state index in [4.69, 9.17) is 0 Å². The van der Waals surface area contributed by atoms with Gasteiger partial charge in [-0.1, -0.05) is 33.1 Å². The van der Waals surface area contributed by atoms with Crippen LogP contribution in [0.3, 0.4) is 0 Å². The molecule has 1 rings (SSSR count). The Hall–Kier alpha value is -0.570. The number of aliphatic hydroxyl groups is 1. The SMILES string of the molecule is CCCC(C)CC(=O)NCC1CCCC1O. The molecule has 16 heavy (non-hydrogen) atoms. The number of hydrogen-bond acceptors (Lipinski definition) is 2. The van der Waals surface area contributed by atoms with Gasteiger partial charge in [-0.2, -0.15) is 0 Å². The smallest absolute Gasteiger partial charge is 0.220 e. The van der Waals surface area contributed by atoms with Crippen LogP contribution in [-0.4, -0.2) is 23.7 Å². The van der Waals surface area contributed by atoms with Gasteiger partial charge in [0, 0.05) is 18.9 Å². The van der Waals surface area contributed by atoms with Crippen molar-refractivity contribution in [3.05, 3.63) is 0 Å². The third-order valence-electron chi connectivity index (χ3n) is 3.50. The third kappa shape index (κ3) is 4.52. The van der Waals surface area contributed by atoms with E-state index in [0.29, 0.717) is 18.9 Å². The Kier molecular flexibility index (Phi) is 5.81. The highest BCUT2D eigenvalue weighted by Crippen LogP contribution is 2.24. The molecular formula is C13H25NO2. The van der Waals surface area contributed by atoms with Crippen LogP contribution in [0.1, 0.15) is 52.4 Å². The maximum absolute atomic E-state index is 11.6. The van der Waals surface area contributed by atoms with E-state index in [2.05, 4.69) is 19.2 Å². The van der Waals surface area contributed by atoms with E-state index in [-0.39, 0.29) is 17.9 Å². The van der Waals surface area contributed by atoms with E-state index in [1.807, 2.05) is 0 Å². The number of aliphatic hydroxyl groups excluding tert-OH is 1. The number of nitrogens with one attached hydrogen (secondary N) is 1. The lowest BCUT2D eigenvalue weighted by Crippen LogP contribution is -2.33. The molecule has 0 aromatic rings. The average Bonchev–Trinajstić information content (AvgIpc) is 2.61. The van der Waals surface area contributed by atoms with Gasteiger partial charge in [-0.3, -0.25) is 4.79 Å². The Balaban J connectivity index is 2.14. The van der Waals surface area contributed by atoms with Crippen molar-refractivity contribution in [2.45, 2.75) is 58.5 Å². The minimum Gasteiger partial charge on any atom is -0.393 e. The average molecular weight is 227 g/mol. The molecule has 1 aliphatic rings. The van der Waals surface area contributed by atoms with Gasteiger partial charge >= 0.3 is 0 Å². The molecule has 0 aliphatic heterocycles. The van der Waals surface area contributed by atoms with Crippen molar-refractivity contribution < 1.29 is 9.90 Å². The van der Waals surface area contributed by atoms with E-state index in [1.54, 1.807) is 0 Å². The van der Waals surface area contributed by atoms with Gasteiger partial charge in [-0.15, -0.1) is 0 Å². The first-order valence-corrected chi connectivity index (χ1v) is 6.58. The first kappa shape index (κ1) is 13.5. The van der Waals surface area contributed by atoms with Crippen molar-refractivity contribution in [3.8, 4) is 0 Å². The molecule has 0 heterocycles. The van der Waals surface area contributed by atoms with Gasteiger partial charge in [-0.25, -0.2) is 0 Å². The topological polar surface area (TPSA) is 49.3 Å². The molecule has 0 spiro atoms. The summed E-state index contributed by atoms with van der Waals surface area (Å²) in [6, 6.07) is 0. The van der Waals surface area contributed by atoms with E-state index < -0.39 is 0 Å². The monoisotopic (exact) mass is 227 g/mol. The van der Waals surface area contributed by atoms with Gasteiger partial charge in [0.15, 0.2) is 0 Å². The van der Waals surface area contributed by atoms with Crippen molar-refractivity contribution >= 4 is 5.91 Å². The zero-order chi connectivity index (χ0) is 12.0. The second kappa shape index (κ2) is 6.89. The highest BCUT2D eigenvalue weighted by molar-refractivity contribution is 5.76. The molecule has 1 saturated carbocycles. The Bertz CT molecular complexity index is 218. The molecule has 3 unspecified atom stereocenters. The molecule has 0 aromatic carbocycles. The van der Waals surface area contributed by atoms with Crippen LogP contribution in [0.5, 0.6) is 0 Å². The van der Waals surface area contributed by atoms with Crippen LogP contribution in [0, 0.1) is 11.8 Å². The molecule has 3 heteroatoms. The molecular weight excluding hydrogens is 202 g/mol. The highest BCUT2D eigenvalue weighted by Gasteiger charge is 2.25. The Morgan fingerprint density at radius 1 is 1.50 bits per heavy atom. The van der Waals surface area contributed by atoms with Crippen molar-refractivity contribution in [1.29, 1.82) is 0 Å². The molecule has 3 atom stereocenters. The molecule has 0 saturated heterocycles. The predicted molar refractivity (Wildman–Crippen MR) is 65.0 cm³/mol. The van der Waals surface area contributed by atoms with Crippen LogP contribution < -0.4 is 5.32 Å². The highest BCUT2D eigenvalue weighted by atomic mass is 16.3. The maximum Gasteiger partial charge on any atom is 0.220 e. The molecule has 94 valence electrons. The minimum atomic E-state index is -0.201. The van der Waals surface area contributed by atoms with Crippen molar-refractivity contribution in [1.82, 2.24) is 5.32 Å². The van der Waals surface area contributed by atoms with Crippen molar-refractivity contribution in [2.24, 2.45) is 11.8 Å². The summed E-state index contributed by atoms with van der Waals surface area (Å²) in [5.41, 5.74) is 0. The molecule has 0 bridgehead atoms. The summed E-state index contributed by atoms with van der Waals surface area (Å²) in [5.74, 6) is 0.893. The lowest BCUT2D eigenvalue weighted by Gasteiger charge is -2.16. The van der Waals surface area contributed by atoms with E-state index in [9.17, 15) is 9.90 Å². The van der Waals surface area contributed by atoms with Crippen LogP contribution >= 0.6 is 0 Å². The van der Waals surface area contributed by atoms with Crippen molar-refractivity contribution in [3.63, 3.8) is 0 Å². The summed E-state index contributed by atoms with van der Waals surface area (Å²) in [4.78, 5) is 11.6. The minimum absolute atomic E-state index is 0.139. The number of carbonyl (C=O) groups is 1. The fourth-order valence-electron chi connectivity index (χ4n) is 2.48. The largest absolute Gasteiger partial charge is 0.393 e. The molecule has 1 fully saturated rings. The quantitative estimate of drug-likeness (QED) is 0.730. The number of carbonyl (C=O) groups excluding carboxylic acids is 1. The first-order chi connectivity index (χ1) is 7.63. The Morgan fingerprint density at radius 3 is 2.81 bits per heavy atom. The first-order valence-electron chi connectivity index (χ1n) is 6.58. The zero-order valence-corrected chi connectivity index (χ0v) is 10.5. The fraction of sp³-hybridized carbons (Fsp3) is 0.923. The van der Waals surface area contributed by atoms with Gasteiger partial charge in [0.2, 0.25) is 5.91 Å². The van der Waals surface area contributed by atoms with Gasteiger partial charge < -0.3 is 10.4 Å². The van der Waals surface area contributed by atoms with Gasteiger partial charge in [0.25, 0.3) is 0 Å². The Labute approximate surface area is 98.6 Å². The summed E-state index contributed by atoms with van der Waals surface area (Å²) in [6.07, 6.45) is 5.70. The molecule has 1 amide bonds. The van der Waals surface area contributed by atoms with Crippen LogP contribution in [0.15, 0.2) is 0 Å². The number of rotatable bonds is 6. The molecule has 2 N–H and O–H groups in total. The predicted octanol–water partition coefficient (Wildman–Crippen LogP) is 2.09. The summed E-state index contributed by atoms with van der Waals surface area (Å²) in [6.45, 7) is 4.91. The second-order valence-electron chi connectivity index (χ2n) is 5.16. The molecule has 0 radical (unpaired) electrons. The standard InChI is InChI=1S/C13H25NO2/c1-3-5-10(2)8-13(16)14-9-11-6-4-7-12(11)15/h10-12,15H,3-9H2,1-2H3,(H,14,16). The zero-order valence-electron chi connectivity index (χ0n) is 10.5. The third-order valence-corrected chi connectivity index (χ3v) is 3.50. The van der Waals surface area contributed by atoms with Crippen LogP contribution in [0.2, 0.25) is 0 Å². The Morgan fingerprint density at radius 2 is 2.25 bits per heavy atom.